The first kappa shape index (κ1) is 18.0. The summed E-state index contributed by atoms with van der Waals surface area (Å²) in [6.45, 7) is 7.93. The SMILES string of the molecule is C/C(=C/C(=N)c1ccc(C)cn1)c1ncc(C(=O)NC(C)(C)C2CC2)[nH]1. The lowest BCUT2D eigenvalue weighted by molar-refractivity contribution is 0.0898. The van der Waals surface area contributed by atoms with Gasteiger partial charge in [0.05, 0.1) is 17.6 Å². The Morgan fingerprint density at radius 1 is 1.31 bits per heavy atom. The minimum absolute atomic E-state index is 0.149. The van der Waals surface area contributed by atoms with Gasteiger partial charge in [-0.05, 0) is 69.7 Å². The lowest BCUT2D eigenvalue weighted by Gasteiger charge is -2.25. The number of aromatic nitrogens is 3. The predicted octanol–water partition coefficient (Wildman–Crippen LogP) is 3.50. The summed E-state index contributed by atoms with van der Waals surface area (Å²) in [5.41, 5.74) is 2.97. The number of hydrogen-bond donors (Lipinski definition) is 3. The molecule has 0 bridgehead atoms. The van der Waals surface area contributed by atoms with E-state index in [1.807, 2.05) is 26.0 Å². The van der Waals surface area contributed by atoms with Crippen LogP contribution in [0.2, 0.25) is 0 Å². The summed E-state index contributed by atoms with van der Waals surface area (Å²) in [5, 5.41) is 11.3. The first-order valence-corrected chi connectivity index (χ1v) is 8.84. The molecule has 0 unspecified atom stereocenters. The molecule has 1 aliphatic carbocycles. The Balaban J connectivity index is 1.70. The van der Waals surface area contributed by atoms with Crippen LogP contribution < -0.4 is 5.32 Å². The second-order valence-electron chi connectivity index (χ2n) is 7.56. The summed E-state index contributed by atoms with van der Waals surface area (Å²) in [5.74, 6) is 0.984. The maximum absolute atomic E-state index is 12.4. The lowest BCUT2D eigenvalue weighted by atomic mass is 9.98. The quantitative estimate of drug-likeness (QED) is 0.695. The van der Waals surface area contributed by atoms with E-state index in [4.69, 9.17) is 5.41 Å². The largest absolute Gasteiger partial charge is 0.346 e. The number of aromatic amines is 1. The fourth-order valence-electron chi connectivity index (χ4n) is 2.89. The molecule has 0 radical (unpaired) electrons. The van der Waals surface area contributed by atoms with Crippen LogP contribution in [0.4, 0.5) is 0 Å². The number of pyridine rings is 1. The Morgan fingerprint density at radius 3 is 2.65 bits per heavy atom. The summed E-state index contributed by atoms with van der Waals surface area (Å²) in [7, 11) is 0. The maximum Gasteiger partial charge on any atom is 0.269 e. The van der Waals surface area contributed by atoms with Crippen molar-refractivity contribution >= 4 is 17.2 Å². The number of carbonyl (C=O) groups excluding carboxylic acids is 1. The molecule has 2 heterocycles. The highest BCUT2D eigenvalue weighted by molar-refractivity contribution is 6.08. The van der Waals surface area contributed by atoms with Gasteiger partial charge in [0.2, 0.25) is 0 Å². The molecule has 26 heavy (non-hydrogen) atoms. The number of carbonyl (C=O) groups is 1. The first-order chi connectivity index (χ1) is 12.3. The molecule has 6 nitrogen and oxygen atoms in total. The number of hydrogen-bond acceptors (Lipinski definition) is 4. The number of H-pyrrole nitrogens is 1. The normalized spacial score (nSPS) is 15.0. The van der Waals surface area contributed by atoms with E-state index in [2.05, 4.69) is 34.1 Å². The number of nitrogens with one attached hydrogen (secondary N) is 3. The fraction of sp³-hybridized carbons (Fsp3) is 0.400. The number of amides is 1. The number of imidazole rings is 1. The summed E-state index contributed by atoms with van der Waals surface area (Å²) < 4.78 is 0. The molecule has 0 atom stereocenters. The van der Waals surface area contributed by atoms with Crippen molar-refractivity contribution in [1.82, 2.24) is 20.3 Å². The number of allylic oxidation sites excluding steroid dienone is 2. The molecule has 1 saturated carbocycles. The molecule has 0 aliphatic heterocycles. The molecule has 0 spiro atoms. The van der Waals surface area contributed by atoms with Crippen LogP contribution in [0.1, 0.15) is 61.2 Å². The van der Waals surface area contributed by atoms with Crippen molar-refractivity contribution in [2.75, 3.05) is 0 Å². The van der Waals surface area contributed by atoms with Gasteiger partial charge in [-0.15, -0.1) is 0 Å². The molecule has 1 aliphatic rings. The molecule has 1 amide bonds. The van der Waals surface area contributed by atoms with E-state index in [0.29, 0.717) is 28.8 Å². The molecule has 1 fully saturated rings. The van der Waals surface area contributed by atoms with Gasteiger partial charge in [-0.1, -0.05) is 6.07 Å². The van der Waals surface area contributed by atoms with E-state index in [0.717, 1.165) is 11.1 Å². The highest BCUT2D eigenvalue weighted by atomic mass is 16.2. The zero-order chi connectivity index (χ0) is 18.9. The molecule has 0 saturated heterocycles. The van der Waals surface area contributed by atoms with Gasteiger partial charge in [0.15, 0.2) is 0 Å². The van der Waals surface area contributed by atoms with Gasteiger partial charge in [0.1, 0.15) is 11.5 Å². The summed E-state index contributed by atoms with van der Waals surface area (Å²) in [4.78, 5) is 24.0. The zero-order valence-electron chi connectivity index (χ0n) is 15.7. The standard InChI is InChI=1S/C20H25N5O/c1-12-5-8-16(22-10-12)15(21)9-13(2)18-23-11-17(24-18)19(26)25-20(3,4)14-6-7-14/h5,8-11,14,21H,6-7H2,1-4H3,(H,23,24)(H,25,26)/b13-9-,21-15?. The third kappa shape index (κ3) is 4.07. The van der Waals surface area contributed by atoms with Crippen molar-refractivity contribution in [1.29, 1.82) is 5.41 Å². The van der Waals surface area contributed by atoms with Crippen LogP contribution in [0, 0.1) is 18.3 Å². The topological polar surface area (TPSA) is 94.5 Å². The molecular weight excluding hydrogens is 326 g/mol. The van der Waals surface area contributed by atoms with Gasteiger partial charge >= 0.3 is 0 Å². The van der Waals surface area contributed by atoms with E-state index in [1.165, 1.54) is 12.8 Å². The molecular formula is C20H25N5O. The van der Waals surface area contributed by atoms with Gasteiger partial charge in [0, 0.05) is 11.7 Å². The lowest BCUT2D eigenvalue weighted by Crippen LogP contribution is -2.45. The van der Waals surface area contributed by atoms with Gasteiger partial charge in [-0.25, -0.2) is 4.98 Å². The maximum atomic E-state index is 12.4. The molecule has 136 valence electrons. The van der Waals surface area contributed by atoms with Gasteiger partial charge in [0.25, 0.3) is 5.91 Å². The molecule has 3 N–H and O–H groups in total. The van der Waals surface area contributed by atoms with Crippen molar-refractivity contribution in [2.45, 2.75) is 46.1 Å². The Bertz CT molecular complexity index is 857. The monoisotopic (exact) mass is 351 g/mol. The van der Waals surface area contributed by atoms with Gasteiger partial charge < -0.3 is 10.3 Å². The third-order valence-corrected chi connectivity index (χ3v) is 4.78. The van der Waals surface area contributed by atoms with Gasteiger partial charge in [-0.2, -0.15) is 0 Å². The first-order valence-electron chi connectivity index (χ1n) is 8.84. The molecule has 2 aromatic heterocycles. The number of aryl methyl sites for hydroxylation is 1. The van der Waals surface area contributed by atoms with E-state index in [1.54, 1.807) is 18.5 Å². The number of rotatable bonds is 6. The average Bonchev–Trinajstić information content (AvgIpc) is 3.33. The minimum Gasteiger partial charge on any atom is -0.346 e. The summed E-state index contributed by atoms with van der Waals surface area (Å²) >= 11 is 0. The smallest absolute Gasteiger partial charge is 0.269 e. The van der Waals surface area contributed by atoms with Gasteiger partial charge in [-0.3, -0.25) is 15.2 Å². The van der Waals surface area contributed by atoms with E-state index in [-0.39, 0.29) is 11.4 Å². The van der Waals surface area contributed by atoms with Crippen LogP contribution in [0.25, 0.3) is 5.57 Å². The Kier molecular flexibility index (Phi) is 4.76. The molecule has 0 aromatic carbocycles. The third-order valence-electron chi connectivity index (χ3n) is 4.78. The zero-order valence-corrected chi connectivity index (χ0v) is 15.7. The predicted molar refractivity (Wildman–Crippen MR) is 102 cm³/mol. The van der Waals surface area contributed by atoms with Crippen LogP contribution in [0.15, 0.2) is 30.6 Å². The van der Waals surface area contributed by atoms with Crippen LogP contribution in [-0.4, -0.2) is 32.1 Å². The Morgan fingerprint density at radius 2 is 2.04 bits per heavy atom. The van der Waals surface area contributed by atoms with Crippen molar-refractivity contribution < 1.29 is 4.79 Å². The highest BCUT2D eigenvalue weighted by Crippen LogP contribution is 2.39. The Labute approximate surface area is 153 Å². The Hall–Kier alpha value is -2.76. The van der Waals surface area contributed by atoms with Crippen molar-refractivity contribution in [3.63, 3.8) is 0 Å². The van der Waals surface area contributed by atoms with E-state index in [9.17, 15) is 4.79 Å². The average molecular weight is 351 g/mol. The summed E-state index contributed by atoms with van der Waals surface area (Å²) in [6, 6.07) is 3.75. The van der Waals surface area contributed by atoms with Crippen LogP contribution in [0.5, 0.6) is 0 Å². The molecule has 3 rings (SSSR count). The fourth-order valence-corrected chi connectivity index (χ4v) is 2.89. The van der Waals surface area contributed by atoms with Crippen LogP contribution >= 0.6 is 0 Å². The van der Waals surface area contributed by atoms with E-state index < -0.39 is 0 Å². The number of nitrogens with zero attached hydrogens (tertiary/aromatic N) is 2. The van der Waals surface area contributed by atoms with Crippen LogP contribution in [-0.2, 0) is 0 Å². The van der Waals surface area contributed by atoms with Crippen LogP contribution in [0.3, 0.4) is 0 Å². The van der Waals surface area contributed by atoms with E-state index >= 15 is 0 Å². The van der Waals surface area contributed by atoms with Crippen molar-refractivity contribution in [3.05, 3.63) is 53.4 Å². The van der Waals surface area contributed by atoms with Crippen molar-refractivity contribution in [3.8, 4) is 0 Å². The second-order valence-corrected chi connectivity index (χ2v) is 7.56. The molecule has 2 aromatic rings. The molecule has 6 heteroatoms. The second kappa shape index (κ2) is 6.86. The summed E-state index contributed by atoms with van der Waals surface area (Å²) in [6.07, 6.45) is 7.31. The highest BCUT2D eigenvalue weighted by Gasteiger charge is 2.39. The minimum atomic E-state index is -0.202. The van der Waals surface area contributed by atoms with Crippen molar-refractivity contribution in [2.24, 2.45) is 5.92 Å².